The number of carbonyl (C=O) groups excluding carboxylic acids is 1. The summed E-state index contributed by atoms with van der Waals surface area (Å²) in [5, 5.41) is 6.83. The Bertz CT molecular complexity index is 992. The molecule has 1 fully saturated rings. The molecule has 1 saturated carbocycles. The van der Waals surface area contributed by atoms with Crippen molar-refractivity contribution in [2.24, 2.45) is 0 Å². The third-order valence-corrected chi connectivity index (χ3v) is 4.74. The summed E-state index contributed by atoms with van der Waals surface area (Å²) in [5.41, 5.74) is 0.752. The first kappa shape index (κ1) is 18.3. The Balaban J connectivity index is 1.51. The summed E-state index contributed by atoms with van der Waals surface area (Å²) >= 11 is 0. The van der Waals surface area contributed by atoms with Crippen molar-refractivity contribution < 1.29 is 18.0 Å². The second-order valence-corrected chi connectivity index (χ2v) is 6.91. The molecule has 144 valence electrons. The van der Waals surface area contributed by atoms with Gasteiger partial charge < -0.3 is 5.32 Å². The van der Waals surface area contributed by atoms with Gasteiger partial charge in [-0.2, -0.15) is 18.3 Å². The van der Waals surface area contributed by atoms with Crippen LogP contribution in [0.5, 0.6) is 0 Å². The third-order valence-electron chi connectivity index (χ3n) is 4.74. The van der Waals surface area contributed by atoms with Crippen LogP contribution in [-0.4, -0.2) is 15.7 Å². The number of halogens is 3. The molecule has 1 aromatic heterocycles. The number of nitrogens with one attached hydrogen (secondary N) is 1. The van der Waals surface area contributed by atoms with Gasteiger partial charge in [0, 0.05) is 17.8 Å². The molecule has 0 atom stereocenters. The Kier molecular flexibility index (Phi) is 4.66. The Hall–Kier alpha value is -3.09. The molecule has 0 spiro atoms. The van der Waals surface area contributed by atoms with Crippen LogP contribution < -0.4 is 5.32 Å². The molecule has 3 aromatic rings. The summed E-state index contributed by atoms with van der Waals surface area (Å²) in [7, 11) is 0. The molecular formula is C21H18F3N3O. The molecule has 0 radical (unpaired) electrons. The molecule has 0 aliphatic heterocycles. The van der Waals surface area contributed by atoms with Crippen molar-refractivity contribution >= 4 is 11.7 Å². The Morgan fingerprint density at radius 1 is 1.11 bits per heavy atom. The summed E-state index contributed by atoms with van der Waals surface area (Å²) in [4.78, 5) is 12.2. The maximum atomic E-state index is 13.5. The van der Waals surface area contributed by atoms with E-state index < -0.39 is 11.7 Å². The first-order valence-corrected chi connectivity index (χ1v) is 9.00. The van der Waals surface area contributed by atoms with Gasteiger partial charge in [-0.05, 0) is 48.1 Å². The maximum Gasteiger partial charge on any atom is 0.416 e. The lowest BCUT2D eigenvalue weighted by Crippen LogP contribution is -2.14. The quantitative estimate of drug-likeness (QED) is 0.666. The van der Waals surface area contributed by atoms with Crippen molar-refractivity contribution in [1.82, 2.24) is 9.78 Å². The second kappa shape index (κ2) is 7.14. The highest BCUT2D eigenvalue weighted by atomic mass is 19.4. The number of benzene rings is 2. The number of anilines is 1. The van der Waals surface area contributed by atoms with Crippen LogP contribution in [0.15, 0.2) is 60.8 Å². The number of alkyl halides is 3. The van der Waals surface area contributed by atoms with Crippen LogP contribution in [-0.2, 0) is 12.7 Å². The predicted molar refractivity (Wildman–Crippen MR) is 99.1 cm³/mol. The van der Waals surface area contributed by atoms with Crippen LogP contribution in [0, 0.1) is 0 Å². The normalized spacial score (nSPS) is 14.1. The monoisotopic (exact) mass is 385 g/mol. The van der Waals surface area contributed by atoms with Crippen LogP contribution >= 0.6 is 0 Å². The van der Waals surface area contributed by atoms with E-state index in [9.17, 15) is 18.0 Å². The van der Waals surface area contributed by atoms with Gasteiger partial charge in [0.15, 0.2) is 5.82 Å². The molecule has 1 N–H and O–H groups in total. The minimum Gasteiger partial charge on any atom is -0.305 e. The number of rotatable bonds is 5. The summed E-state index contributed by atoms with van der Waals surface area (Å²) in [6, 6.07) is 14.8. The van der Waals surface area contributed by atoms with Crippen LogP contribution in [0.1, 0.15) is 45.8 Å². The van der Waals surface area contributed by atoms with Crippen molar-refractivity contribution in [2.75, 3.05) is 5.32 Å². The molecule has 2 aromatic carbocycles. The Morgan fingerprint density at radius 3 is 2.54 bits per heavy atom. The van der Waals surface area contributed by atoms with E-state index in [2.05, 4.69) is 10.4 Å². The molecule has 4 nitrogen and oxygen atoms in total. The second-order valence-electron chi connectivity index (χ2n) is 6.91. The standard InChI is InChI=1S/C21H18F3N3O/c22-21(23,24)18-12-16(14-6-7-14)8-9-17(18)13-27-11-10-19(26-27)25-20(28)15-4-2-1-3-5-15/h1-5,8-12,14H,6-7,13H2,(H,25,26,28). The lowest BCUT2D eigenvalue weighted by molar-refractivity contribution is -0.138. The number of carbonyl (C=O) groups is 1. The number of hydrogen-bond acceptors (Lipinski definition) is 2. The minimum absolute atomic E-state index is 0.0268. The van der Waals surface area contributed by atoms with Gasteiger partial charge in [0.1, 0.15) is 0 Å². The number of aromatic nitrogens is 2. The number of nitrogens with zero attached hydrogens (tertiary/aromatic N) is 2. The molecule has 0 unspecified atom stereocenters. The highest BCUT2D eigenvalue weighted by Crippen LogP contribution is 2.42. The SMILES string of the molecule is O=C(Nc1ccn(Cc2ccc(C3CC3)cc2C(F)(F)F)n1)c1ccccc1. The average Bonchev–Trinajstić information content (AvgIpc) is 3.43. The Morgan fingerprint density at radius 2 is 1.86 bits per heavy atom. The summed E-state index contributed by atoms with van der Waals surface area (Å²) in [5.74, 6) is 0.215. The van der Waals surface area contributed by atoms with Crippen molar-refractivity contribution in [3.8, 4) is 0 Å². The van der Waals surface area contributed by atoms with Gasteiger partial charge in [0.25, 0.3) is 5.91 Å². The van der Waals surface area contributed by atoms with Gasteiger partial charge in [0.2, 0.25) is 0 Å². The largest absolute Gasteiger partial charge is 0.416 e. The molecule has 0 saturated heterocycles. The zero-order valence-corrected chi connectivity index (χ0v) is 14.9. The summed E-state index contributed by atoms with van der Waals surface area (Å²) in [6.45, 7) is -0.0268. The maximum absolute atomic E-state index is 13.5. The number of hydrogen-bond donors (Lipinski definition) is 1. The van der Waals surface area contributed by atoms with Gasteiger partial charge in [-0.3, -0.25) is 9.48 Å². The average molecular weight is 385 g/mol. The van der Waals surface area contributed by atoms with E-state index in [0.717, 1.165) is 18.4 Å². The van der Waals surface area contributed by atoms with E-state index in [1.165, 1.54) is 16.8 Å². The van der Waals surface area contributed by atoms with Gasteiger partial charge in [-0.15, -0.1) is 0 Å². The van der Waals surface area contributed by atoms with E-state index in [1.807, 2.05) is 0 Å². The Labute approximate surface area is 160 Å². The van der Waals surface area contributed by atoms with E-state index >= 15 is 0 Å². The lowest BCUT2D eigenvalue weighted by atomic mass is 10.0. The molecule has 0 bridgehead atoms. The zero-order chi connectivity index (χ0) is 19.7. The highest BCUT2D eigenvalue weighted by Gasteiger charge is 2.35. The van der Waals surface area contributed by atoms with Crippen molar-refractivity contribution in [2.45, 2.75) is 31.5 Å². The fraction of sp³-hybridized carbons (Fsp3) is 0.238. The molecule has 28 heavy (non-hydrogen) atoms. The molecule has 1 amide bonds. The summed E-state index contributed by atoms with van der Waals surface area (Å²) in [6.07, 6.45) is -0.978. The highest BCUT2D eigenvalue weighted by molar-refractivity contribution is 6.03. The summed E-state index contributed by atoms with van der Waals surface area (Å²) < 4.78 is 41.9. The fourth-order valence-electron chi connectivity index (χ4n) is 3.14. The van der Waals surface area contributed by atoms with Crippen LogP contribution in [0.25, 0.3) is 0 Å². The van der Waals surface area contributed by atoms with Gasteiger partial charge >= 0.3 is 6.18 Å². The smallest absolute Gasteiger partial charge is 0.305 e. The van der Waals surface area contributed by atoms with Crippen LogP contribution in [0.2, 0.25) is 0 Å². The van der Waals surface area contributed by atoms with Crippen LogP contribution in [0.3, 0.4) is 0 Å². The van der Waals surface area contributed by atoms with Gasteiger partial charge in [-0.25, -0.2) is 0 Å². The molecule has 1 aliphatic rings. The molecule has 4 rings (SSSR count). The molecule has 1 aliphatic carbocycles. The predicted octanol–water partition coefficient (Wildman–Crippen LogP) is 5.08. The van der Waals surface area contributed by atoms with Crippen molar-refractivity contribution in [1.29, 1.82) is 0 Å². The van der Waals surface area contributed by atoms with Gasteiger partial charge in [-0.1, -0.05) is 30.3 Å². The molecule has 7 heteroatoms. The lowest BCUT2D eigenvalue weighted by Gasteiger charge is -2.14. The van der Waals surface area contributed by atoms with Gasteiger partial charge in [0.05, 0.1) is 12.1 Å². The van der Waals surface area contributed by atoms with E-state index in [0.29, 0.717) is 5.56 Å². The first-order chi connectivity index (χ1) is 13.4. The first-order valence-electron chi connectivity index (χ1n) is 9.00. The van der Waals surface area contributed by atoms with Crippen LogP contribution in [0.4, 0.5) is 19.0 Å². The van der Waals surface area contributed by atoms with E-state index in [4.69, 9.17) is 0 Å². The van der Waals surface area contributed by atoms with Crippen molar-refractivity contribution in [3.05, 3.63) is 83.0 Å². The topological polar surface area (TPSA) is 46.9 Å². The van der Waals surface area contributed by atoms with E-state index in [1.54, 1.807) is 48.7 Å². The fourth-order valence-corrected chi connectivity index (χ4v) is 3.14. The molecular weight excluding hydrogens is 367 g/mol. The third kappa shape index (κ3) is 4.08. The number of amides is 1. The van der Waals surface area contributed by atoms with E-state index in [-0.39, 0.29) is 29.8 Å². The minimum atomic E-state index is -4.42. The zero-order valence-electron chi connectivity index (χ0n) is 14.9. The van der Waals surface area contributed by atoms with Crippen molar-refractivity contribution in [3.63, 3.8) is 0 Å². The molecule has 1 heterocycles.